The number of halogens is 4. The molecule has 0 saturated carbocycles. The second kappa shape index (κ2) is 13.4. The second-order valence-electron chi connectivity index (χ2n) is 11.4. The lowest BCUT2D eigenvalue weighted by Crippen LogP contribution is -2.52. The van der Waals surface area contributed by atoms with Crippen molar-refractivity contribution < 1.29 is 45.4 Å². The van der Waals surface area contributed by atoms with Gasteiger partial charge >= 0.3 is 6.36 Å². The Morgan fingerprint density at radius 1 is 0.900 bits per heavy atom. The lowest BCUT2D eigenvalue weighted by Gasteiger charge is -2.37. The lowest BCUT2D eigenvalue weighted by atomic mass is 9.72. The summed E-state index contributed by atoms with van der Waals surface area (Å²) in [5.74, 6) is -1.91. The minimum Gasteiger partial charge on any atom is -0.497 e. The molecule has 1 fully saturated rings. The highest BCUT2D eigenvalue weighted by molar-refractivity contribution is 7.93. The Morgan fingerprint density at radius 3 is 2.28 bits per heavy atom. The van der Waals surface area contributed by atoms with Crippen molar-refractivity contribution in [3.8, 4) is 17.2 Å². The Kier molecular flexibility index (Phi) is 9.31. The van der Waals surface area contributed by atoms with Crippen molar-refractivity contribution in [3.63, 3.8) is 0 Å². The molecule has 2 aliphatic heterocycles. The van der Waals surface area contributed by atoms with Crippen molar-refractivity contribution in [2.24, 2.45) is 0 Å². The Bertz CT molecular complexity index is 2040. The molecule has 0 N–H and O–H groups in total. The number of piperazine rings is 1. The quantitative estimate of drug-likeness (QED) is 0.223. The van der Waals surface area contributed by atoms with Gasteiger partial charge in [-0.1, -0.05) is 35.9 Å². The molecule has 1 unspecified atom stereocenters. The van der Waals surface area contributed by atoms with Crippen molar-refractivity contribution in [1.29, 1.82) is 0 Å². The van der Waals surface area contributed by atoms with E-state index in [1.165, 1.54) is 38.5 Å². The van der Waals surface area contributed by atoms with E-state index < -0.39 is 50.7 Å². The molecular formula is C34H30ClF3N4O7S. The molecule has 1 saturated heterocycles. The van der Waals surface area contributed by atoms with E-state index in [1.807, 2.05) is 17.0 Å². The zero-order chi connectivity index (χ0) is 35.8. The summed E-state index contributed by atoms with van der Waals surface area (Å²) in [5.41, 5.74) is -2.02. The number of pyridine rings is 1. The first-order valence-corrected chi connectivity index (χ1v) is 17.0. The van der Waals surface area contributed by atoms with Crippen LogP contribution in [0.5, 0.6) is 17.2 Å². The minimum absolute atomic E-state index is 0.0512. The van der Waals surface area contributed by atoms with Crippen molar-refractivity contribution in [1.82, 2.24) is 9.88 Å². The molecule has 50 heavy (non-hydrogen) atoms. The molecule has 0 spiro atoms. The highest BCUT2D eigenvalue weighted by Crippen LogP contribution is 2.54. The average Bonchev–Trinajstić information content (AvgIpc) is 3.35. The molecule has 262 valence electrons. The van der Waals surface area contributed by atoms with Gasteiger partial charge in [-0.3, -0.25) is 9.59 Å². The number of carbonyl (C=O) groups is 2. The first-order valence-electron chi connectivity index (χ1n) is 15.2. The second-order valence-corrected chi connectivity index (χ2v) is 13.6. The lowest BCUT2D eigenvalue weighted by molar-refractivity contribution is -0.275. The monoisotopic (exact) mass is 730 g/mol. The zero-order valence-corrected chi connectivity index (χ0v) is 28.3. The molecule has 4 aromatic rings. The summed E-state index contributed by atoms with van der Waals surface area (Å²) in [7, 11) is -2.62. The fourth-order valence-electron chi connectivity index (χ4n) is 6.38. The number of hydrogen-bond acceptors (Lipinski definition) is 9. The van der Waals surface area contributed by atoms with E-state index in [9.17, 15) is 26.4 Å². The van der Waals surface area contributed by atoms with Gasteiger partial charge in [0.25, 0.3) is 15.9 Å². The van der Waals surface area contributed by atoms with Gasteiger partial charge in [0.1, 0.15) is 27.6 Å². The van der Waals surface area contributed by atoms with Crippen LogP contribution >= 0.6 is 11.6 Å². The average molecular weight is 731 g/mol. The van der Waals surface area contributed by atoms with Crippen LogP contribution in [-0.4, -0.2) is 76.9 Å². The van der Waals surface area contributed by atoms with Crippen LogP contribution in [0.3, 0.4) is 0 Å². The predicted octanol–water partition coefficient (Wildman–Crippen LogP) is 5.41. The van der Waals surface area contributed by atoms with Crippen molar-refractivity contribution >= 4 is 44.9 Å². The predicted molar refractivity (Wildman–Crippen MR) is 177 cm³/mol. The summed E-state index contributed by atoms with van der Waals surface area (Å²) < 4.78 is 84.7. The molecule has 3 heterocycles. The van der Waals surface area contributed by atoms with Gasteiger partial charge in [0, 0.05) is 55.4 Å². The number of nitrogens with zero attached hydrogens (tertiary/aromatic N) is 4. The number of anilines is 2. The third kappa shape index (κ3) is 6.26. The van der Waals surface area contributed by atoms with Crippen LogP contribution in [0.15, 0.2) is 90.0 Å². The van der Waals surface area contributed by atoms with Gasteiger partial charge in [-0.2, -0.15) is 0 Å². The number of amides is 2. The molecule has 6 rings (SSSR count). The van der Waals surface area contributed by atoms with Gasteiger partial charge in [-0.25, -0.2) is 17.7 Å². The van der Waals surface area contributed by atoms with Crippen molar-refractivity contribution in [3.05, 3.63) is 101 Å². The first kappa shape index (κ1) is 34.8. The molecule has 0 aliphatic carbocycles. The number of benzene rings is 3. The third-order valence-corrected chi connectivity index (χ3v) is 10.6. The van der Waals surface area contributed by atoms with Gasteiger partial charge in [-0.15, -0.1) is 13.2 Å². The normalized spacial score (nSPS) is 17.8. The molecular weight excluding hydrogens is 701 g/mol. The van der Waals surface area contributed by atoms with Gasteiger partial charge in [0.15, 0.2) is 5.75 Å². The number of alkyl halides is 3. The van der Waals surface area contributed by atoms with Crippen LogP contribution in [0.2, 0.25) is 5.02 Å². The van der Waals surface area contributed by atoms with Crippen molar-refractivity contribution in [2.45, 2.75) is 23.1 Å². The number of aromatic nitrogens is 1. The maximum Gasteiger partial charge on any atom is 0.573 e. The first-order chi connectivity index (χ1) is 23.8. The van der Waals surface area contributed by atoms with E-state index in [-0.39, 0.29) is 46.4 Å². The number of sulfonamides is 1. The Morgan fingerprint density at radius 2 is 1.62 bits per heavy atom. The molecule has 2 amide bonds. The number of carbonyl (C=O) groups excluding carboxylic acids is 2. The highest BCUT2D eigenvalue weighted by Gasteiger charge is 2.59. The van der Waals surface area contributed by atoms with Crippen LogP contribution in [-0.2, 0) is 25.0 Å². The summed E-state index contributed by atoms with van der Waals surface area (Å²) in [5, 5.41) is 0.122. The number of methoxy groups -OCH3 is 2. The minimum atomic E-state index is -5.29. The molecule has 1 aromatic heterocycles. The summed E-state index contributed by atoms with van der Waals surface area (Å²) in [6.45, 7) is 1.45. The molecule has 2 aliphatic rings. The maximum atomic E-state index is 15.0. The summed E-state index contributed by atoms with van der Waals surface area (Å²) in [4.78, 5) is 36.3. The molecule has 0 radical (unpaired) electrons. The van der Waals surface area contributed by atoms with Crippen LogP contribution in [0.4, 0.5) is 24.7 Å². The third-order valence-electron chi connectivity index (χ3n) is 8.67. The van der Waals surface area contributed by atoms with E-state index in [0.717, 1.165) is 24.0 Å². The summed E-state index contributed by atoms with van der Waals surface area (Å²) in [6, 6.07) is 18.6. The Hall–Kier alpha value is -5.02. The molecule has 11 nitrogen and oxygen atoms in total. The number of para-hydroxylation sites is 1. The highest BCUT2D eigenvalue weighted by atomic mass is 35.5. The topological polar surface area (TPSA) is 119 Å². The van der Waals surface area contributed by atoms with E-state index in [1.54, 1.807) is 35.4 Å². The van der Waals surface area contributed by atoms with Crippen LogP contribution in [0.1, 0.15) is 17.5 Å². The SMILES string of the molecule is COc1ccc(S(=O)(=O)N2C(=O)C(CC(=O)N3CCN(c4ccccn4)CC3)(c3ccccc3OC)c3cc(Cl)ccc32)c(OC(F)(F)F)c1. The van der Waals surface area contributed by atoms with Gasteiger partial charge in [0.2, 0.25) is 5.91 Å². The van der Waals surface area contributed by atoms with E-state index >= 15 is 4.79 Å². The number of rotatable bonds is 9. The molecule has 0 bridgehead atoms. The van der Waals surface area contributed by atoms with Gasteiger partial charge in [-0.05, 0) is 54.1 Å². The van der Waals surface area contributed by atoms with Crippen LogP contribution < -0.4 is 23.4 Å². The van der Waals surface area contributed by atoms with Gasteiger partial charge < -0.3 is 24.0 Å². The van der Waals surface area contributed by atoms with E-state index in [0.29, 0.717) is 17.4 Å². The molecule has 16 heteroatoms. The standard InChI is InChI=1S/C34H30ClF3N4O7S/c1-47-23-11-13-29(28(20-23)49-34(36,37)38)50(45,46)42-26-12-10-22(35)19-25(26)33(32(42)44,24-7-3-4-8-27(24)48-2)21-31(43)41-17-15-40(16-18-41)30-9-5-6-14-39-30/h3-14,19-20H,15-18,21H2,1-2H3. The Labute approximate surface area is 290 Å². The number of hydrogen-bond donors (Lipinski definition) is 0. The zero-order valence-electron chi connectivity index (χ0n) is 26.7. The fourth-order valence-corrected chi connectivity index (χ4v) is 8.14. The van der Waals surface area contributed by atoms with E-state index in [2.05, 4.69) is 9.72 Å². The number of ether oxygens (including phenoxy) is 3. The fraction of sp³-hybridized carbons (Fsp3) is 0.265. The summed E-state index contributed by atoms with van der Waals surface area (Å²) >= 11 is 6.45. The van der Waals surface area contributed by atoms with Gasteiger partial charge in [0.05, 0.1) is 19.9 Å². The molecule has 1 atom stereocenters. The maximum absolute atomic E-state index is 15.0. The van der Waals surface area contributed by atoms with Crippen LogP contribution in [0, 0.1) is 0 Å². The smallest absolute Gasteiger partial charge is 0.497 e. The molecule has 3 aromatic carbocycles. The van der Waals surface area contributed by atoms with E-state index in [4.69, 9.17) is 21.1 Å². The van der Waals surface area contributed by atoms with Crippen molar-refractivity contribution in [2.75, 3.05) is 49.6 Å². The summed E-state index contributed by atoms with van der Waals surface area (Å²) in [6.07, 6.45) is -4.17. The van der Waals surface area contributed by atoms with Crippen LogP contribution in [0.25, 0.3) is 0 Å². The largest absolute Gasteiger partial charge is 0.573 e. The Balaban J connectivity index is 1.47. The number of fused-ring (bicyclic) bond motifs is 1.